The maximum Gasteiger partial charge on any atom is 0.0617 e. The van der Waals surface area contributed by atoms with Crippen LogP contribution in [0.25, 0.3) is 0 Å². The average molecular weight is 200 g/mol. The van der Waals surface area contributed by atoms with Crippen molar-refractivity contribution in [2.24, 2.45) is 0 Å². The lowest BCUT2D eigenvalue weighted by Crippen LogP contribution is -2.60. The Hall–Kier alpha value is -0.160. The number of ether oxygens (including phenoxy) is 1. The molecule has 0 unspecified atom stereocenters. The third-order valence-electron chi connectivity index (χ3n) is 3.51. The van der Waals surface area contributed by atoms with Gasteiger partial charge in [-0.3, -0.25) is 4.90 Å². The summed E-state index contributed by atoms with van der Waals surface area (Å²) in [5.41, 5.74) is 0.0142. The summed E-state index contributed by atoms with van der Waals surface area (Å²) in [4.78, 5) is 2.44. The quantitative estimate of drug-likeness (QED) is 0.627. The van der Waals surface area contributed by atoms with E-state index < -0.39 is 0 Å². The smallest absolute Gasteiger partial charge is 0.0617 e. The Morgan fingerprint density at radius 1 is 1.21 bits per heavy atom. The second kappa shape index (κ2) is 4.57. The van der Waals surface area contributed by atoms with E-state index in [1.54, 1.807) is 0 Å². The molecule has 2 N–H and O–H groups in total. The molecular weight excluding hydrogens is 180 g/mol. The number of nitrogens with zero attached hydrogens (tertiary/aromatic N) is 1. The lowest BCUT2D eigenvalue weighted by atomic mass is 9.88. The number of hydrogen-bond acceptors (Lipinski definition) is 4. The zero-order valence-corrected chi connectivity index (χ0v) is 8.67. The molecule has 2 saturated heterocycles. The molecule has 4 heteroatoms. The van der Waals surface area contributed by atoms with Crippen LogP contribution < -0.4 is 5.32 Å². The number of nitrogens with one attached hydrogen (secondary N) is 1. The van der Waals surface area contributed by atoms with Crippen molar-refractivity contribution < 1.29 is 9.84 Å². The largest absolute Gasteiger partial charge is 0.394 e. The van der Waals surface area contributed by atoms with Gasteiger partial charge in [-0.25, -0.2) is 0 Å². The second-order valence-corrected chi connectivity index (χ2v) is 4.23. The monoisotopic (exact) mass is 200 g/mol. The topological polar surface area (TPSA) is 44.7 Å². The normalized spacial score (nSPS) is 28.9. The Labute approximate surface area is 85.2 Å². The average Bonchev–Trinajstić information content (AvgIpc) is 2.31. The van der Waals surface area contributed by atoms with Gasteiger partial charge < -0.3 is 15.2 Å². The molecule has 4 nitrogen and oxygen atoms in total. The summed E-state index contributed by atoms with van der Waals surface area (Å²) in [7, 11) is 0. The lowest BCUT2D eigenvalue weighted by molar-refractivity contribution is -0.0604. The van der Waals surface area contributed by atoms with E-state index in [9.17, 15) is 5.11 Å². The standard InChI is InChI=1S/C10H20N2O2/c13-9-10(1-7-14-8-2-10)12-5-3-11-4-6-12/h11,13H,1-9H2. The Bertz CT molecular complexity index is 175. The van der Waals surface area contributed by atoms with E-state index in [4.69, 9.17) is 4.74 Å². The van der Waals surface area contributed by atoms with Crippen LogP contribution in [0.5, 0.6) is 0 Å². The zero-order chi connectivity index (χ0) is 9.86. The number of aliphatic hydroxyl groups excluding tert-OH is 1. The fourth-order valence-electron chi connectivity index (χ4n) is 2.46. The minimum absolute atomic E-state index is 0.0142. The van der Waals surface area contributed by atoms with Gasteiger partial charge in [-0.05, 0) is 12.8 Å². The lowest BCUT2D eigenvalue weighted by Gasteiger charge is -2.47. The van der Waals surface area contributed by atoms with Gasteiger partial charge in [0, 0.05) is 44.9 Å². The molecule has 14 heavy (non-hydrogen) atoms. The van der Waals surface area contributed by atoms with Gasteiger partial charge >= 0.3 is 0 Å². The van der Waals surface area contributed by atoms with Crippen molar-refractivity contribution in [3.05, 3.63) is 0 Å². The minimum atomic E-state index is 0.0142. The highest BCUT2D eigenvalue weighted by molar-refractivity contribution is 4.93. The van der Waals surface area contributed by atoms with Gasteiger partial charge in [0.25, 0.3) is 0 Å². The highest BCUT2D eigenvalue weighted by Crippen LogP contribution is 2.27. The van der Waals surface area contributed by atoms with Crippen LogP contribution in [-0.2, 0) is 4.74 Å². The number of hydrogen-bond donors (Lipinski definition) is 2. The van der Waals surface area contributed by atoms with Crippen molar-refractivity contribution in [2.75, 3.05) is 46.0 Å². The van der Waals surface area contributed by atoms with Crippen LogP contribution in [-0.4, -0.2) is 61.5 Å². The Morgan fingerprint density at radius 3 is 2.43 bits per heavy atom. The molecule has 0 bridgehead atoms. The SMILES string of the molecule is OCC1(N2CCNCC2)CCOCC1. The molecular formula is C10H20N2O2. The van der Waals surface area contributed by atoms with Gasteiger partial charge in [0.1, 0.15) is 0 Å². The van der Waals surface area contributed by atoms with Gasteiger partial charge in [-0.1, -0.05) is 0 Å². The molecule has 0 aliphatic carbocycles. The summed E-state index contributed by atoms with van der Waals surface area (Å²) < 4.78 is 5.36. The van der Waals surface area contributed by atoms with E-state index in [0.717, 1.165) is 52.2 Å². The molecule has 2 aliphatic rings. The van der Waals surface area contributed by atoms with Crippen LogP contribution in [0.4, 0.5) is 0 Å². The van der Waals surface area contributed by atoms with Crippen LogP contribution in [0.2, 0.25) is 0 Å². The fraction of sp³-hybridized carbons (Fsp3) is 1.00. The highest BCUT2D eigenvalue weighted by atomic mass is 16.5. The van der Waals surface area contributed by atoms with Crippen LogP contribution in [0.15, 0.2) is 0 Å². The zero-order valence-electron chi connectivity index (χ0n) is 8.67. The first kappa shape index (κ1) is 10.4. The number of rotatable bonds is 2. The highest BCUT2D eigenvalue weighted by Gasteiger charge is 2.38. The van der Waals surface area contributed by atoms with Crippen molar-refractivity contribution in [3.8, 4) is 0 Å². The second-order valence-electron chi connectivity index (χ2n) is 4.23. The van der Waals surface area contributed by atoms with Crippen molar-refractivity contribution in [2.45, 2.75) is 18.4 Å². The third-order valence-corrected chi connectivity index (χ3v) is 3.51. The molecule has 2 aliphatic heterocycles. The van der Waals surface area contributed by atoms with E-state index in [1.807, 2.05) is 0 Å². The van der Waals surface area contributed by atoms with Crippen molar-refractivity contribution in [1.29, 1.82) is 0 Å². The summed E-state index contributed by atoms with van der Waals surface area (Å²) in [6, 6.07) is 0. The predicted molar refractivity (Wildman–Crippen MR) is 54.3 cm³/mol. The van der Waals surface area contributed by atoms with E-state index >= 15 is 0 Å². The molecule has 0 aromatic heterocycles. The Kier molecular flexibility index (Phi) is 3.38. The molecule has 0 saturated carbocycles. The van der Waals surface area contributed by atoms with E-state index in [1.165, 1.54) is 0 Å². The molecule has 0 aromatic rings. The minimum Gasteiger partial charge on any atom is -0.394 e. The fourth-order valence-corrected chi connectivity index (χ4v) is 2.46. The summed E-state index contributed by atoms with van der Waals surface area (Å²) in [6.45, 7) is 6.07. The predicted octanol–water partition coefficient (Wildman–Crippen LogP) is -0.567. The van der Waals surface area contributed by atoms with E-state index in [0.29, 0.717) is 0 Å². The van der Waals surface area contributed by atoms with Crippen LogP contribution in [0, 0.1) is 0 Å². The van der Waals surface area contributed by atoms with Crippen molar-refractivity contribution in [3.63, 3.8) is 0 Å². The molecule has 2 rings (SSSR count). The van der Waals surface area contributed by atoms with Crippen molar-refractivity contribution >= 4 is 0 Å². The molecule has 0 aromatic carbocycles. The van der Waals surface area contributed by atoms with Gasteiger partial charge in [-0.2, -0.15) is 0 Å². The maximum atomic E-state index is 9.58. The number of aliphatic hydroxyl groups is 1. The summed E-state index contributed by atoms with van der Waals surface area (Å²) in [5.74, 6) is 0. The van der Waals surface area contributed by atoms with Gasteiger partial charge in [0.2, 0.25) is 0 Å². The van der Waals surface area contributed by atoms with Gasteiger partial charge in [0.05, 0.1) is 6.61 Å². The summed E-state index contributed by atoms with van der Waals surface area (Å²) in [6.07, 6.45) is 1.95. The molecule has 0 amide bonds. The maximum absolute atomic E-state index is 9.58. The molecule has 0 radical (unpaired) electrons. The Morgan fingerprint density at radius 2 is 1.86 bits per heavy atom. The first-order valence-corrected chi connectivity index (χ1v) is 5.52. The first-order valence-electron chi connectivity index (χ1n) is 5.52. The summed E-state index contributed by atoms with van der Waals surface area (Å²) in [5, 5.41) is 12.9. The van der Waals surface area contributed by atoms with Crippen LogP contribution in [0.3, 0.4) is 0 Å². The van der Waals surface area contributed by atoms with Gasteiger partial charge in [0.15, 0.2) is 0 Å². The van der Waals surface area contributed by atoms with Crippen molar-refractivity contribution in [1.82, 2.24) is 10.2 Å². The van der Waals surface area contributed by atoms with Gasteiger partial charge in [-0.15, -0.1) is 0 Å². The molecule has 2 heterocycles. The third kappa shape index (κ3) is 1.93. The van der Waals surface area contributed by atoms with Crippen LogP contribution in [0.1, 0.15) is 12.8 Å². The molecule has 2 fully saturated rings. The molecule has 82 valence electrons. The molecule has 0 spiro atoms. The number of piperazine rings is 1. The van der Waals surface area contributed by atoms with E-state index in [-0.39, 0.29) is 12.1 Å². The first-order chi connectivity index (χ1) is 6.87. The summed E-state index contributed by atoms with van der Waals surface area (Å²) >= 11 is 0. The van der Waals surface area contributed by atoms with Crippen LogP contribution >= 0.6 is 0 Å². The van der Waals surface area contributed by atoms with E-state index in [2.05, 4.69) is 10.2 Å². The Balaban J connectivity index is 2.01. The molecule has 0 atom stereocenters.